The zero-order valence-corrected chi connectivity index (χ0v) is 18.4. The van der Waals surface area contributed by atoms with Gasteiger partial charge in [-0.25, -0.2) is 19.7 Å². The first-order chi connectivity index (χ1) is 15.6. The molecular weight excluding hydrogens is 432 g/mol. The highest BCUT2D eigenvalue weighted by atomic mass is 32.1. The topological polar surface area (TPSA) is 126 Å². The van der Waals surface area contributed by atoms with E-state index in [1.165, 1.54) is 11.3 Å². The van der Waals surface area contributed by atoms with Crippen molar-refractivity contribution in [3.63, 3.8) is 0 Å². The second-order valence-electron chi connectivity index (χ2n) is 7.78. The van der Waals surface area contributed by atoms with Crippen molar-refractivity contribution in [2.24, 2.45) is 0 Å². The van der Waals surface area contributed by atoms with Crippen LogP contribution in [0.3, 0.4) is 0 Å². The van der Waals surface area contributed by atoms with E-state index in [0.717, 1.165) is 17.0 Å². The summed E-state index contributed by atoms with van der Waals surface area (Å²) in [7, 11) is 0. The number of fused-ring (bicyclic) bond motifs is 1. The van der Waals surface area contributed by atoms with E-state index in [9.17, 15) is 9.90 Å². The lowest BCUT2D eigenvalue weighted by Gasteiger charge is -2.31. The molecule has 1 aliphatic carbocycles. The van der Waals surface area contributed by atoms with Crippen LogP contribution >= 0.6 is 11.3 Å². The first-order valence-corrected chi connectivity index (χ1v) is 11.4. The minimum atomic E-state index is -0.307. The third-order valence-corrected chi connectivity index (χ3v) is 6.43. The monoisotopic (exact) mass is 456 g/mol. The van der Waals surface area contributed by atoms with Crippen LogP contribution in [0.1, 0.15) is 30.3 Å². The Labute approximate surface area is 188 Å². The molecule has 10 nitrogen and oxygen atoms in total. The van der Waals surface area contributed by atoms with E-state index in [1.54, 1.807) is 6.20 Å². The Bertz CT molecular complexity index is 1110. The van der Waals surface area contributed by atoms with Crippen molar-refractivity contribution in [2.45, 2.75) is 44.9 Å². The van der Waals surface area contributed by atoms with Gasteiger partial charge in [0.05, 0.1) is 31.1 Å². The number of carbonyl (C=O) groups excluding carboxylic acids is 1. The molecule has 11 heteroatoms. The van der Waals surface area contributed by atoms with Crippen molar-refractivity contribution < 1.29 is 19.1 Å². The smallest absolute Gasteiger partial charge is 0.321 e. The fourth-order valence-corrected chi connectivity index (χ4v) is 4.77. The molecule has 4 heterocycles. The summed E-state index contributed by atoms with van der Waals surface area (Å²) in [4.78, 5) is 28.7. The number of anilines is 2. The number of oxazole rings is 1. The molecule has 0 spiro atoms. The molecule has 32 heavy (non-hydrogen) atoms. The van der Waals surface area contributed by atoms with Crippen LogP contribution in [0.15, 0.2) is 28.8 Å². The quantitative estimate of drug-likeness (QED) is 0.517. The molecule has 5 rings (SSSR count). The number of amides is 2. The average molecular weight is 457 g/mol. The van der Waals surface area contributed by atoms with Gasteiger partial charge in [0.1, 0.15) is 5.69 Å². The van der Waals surface area contributed by atoms with Crippen molar-refractivity contribution in [1.82, 2.24) is 20.3 Å². The second kappa shape index (κ2) is 8.75. The zero-order valence-electron chi connectivity index (χ0n) is 17.6. The lowest BCUT2D eigenvalue weighted by Crippen LogP contribution is -2.48. The average Bonchev–Trinajstić information content (AvgIpc) is 3.39. The molecule has 0 bridgehead atoms. The van der Waals surface area contributed by atoms with Crippen LogP contribution in [0.25, 0.3) is 11.5 Å². The van der Waals surface area contributed by atoms with Crippen LogP contribution in [-0.4, -0.2) is 51.4 Å². The minimum Gasteiger partial charge on any atom is -0.478 e. The number of pyridine rings is 1. The predicted octanol–water partition coefficient (Wildman–Crippen LogP) is 2.80. The molecule has 3 aromatic heterocycles. The molecule has 1 fully saturated rings. The fraction of sp³-hybridized carbons (Fsp3) is 0.429. The molecular formula is C21H24N6O4S. The van der Waals surface area contributed by atoms with E-state index in [-0.39, 0.29) is 18.2 Å². The van der Waals surface area contributed by atoms with Gasteiger partial charge in [0.15, 0.2) is 10.9 Å². The number of ether oxygens (including phenoxy) is 1. The van der Waals surface area contributed by atoms with Gasteiger partial charge >= 0.3 is 6.03 Å². The largest absolute Gasteiger partial charge is 0.478 e. The van der Waals surface area contributed by atoms with Crippen molar-refractivity contribution in [3.05, 3.63) is 35.0 Å². The van der Waals surface area contributed by atoms with Crippen LogP contribution in [0.5, 0.6) is 5.88 Å². The van der Waals surface area contributed by atoms with E-state index < -0.39 is 0 Å². The van der Waals surface area contributed by atoms with E-state index in [2.05, 4.69) is 30.5 Å². The standard InChI is InChI=1S/C21H24N6O4S/c1-2-30-18-5-3-4-14(24-18)16-10-22-21(31-16)27-7-6-15-17(11-27)32-20(25-15)26-19(29)23-12-8-13(28)9-12/h3-5,10,12-13,28H,2,6-9,11H2,1H3,(H2,23,25,26,29)/t12-,13-. The molecule has 0 aromatic carbocycles. The summed E-state index contributed by atoms with van der Waals surface area (Å²) in [5.41, 5.74) is 1.65. The number of aliphatic hydroxyl groups is 1. The van der Waals surface area contributed by atoms with Crippen molar-refractivity contribution in [1.29, 1.82) is 0 Å². The summed E-state index contributed by atoms with van der Waals surface area (Å²) in [5.74, 6) is 1.13. The number of nitrogens with zero attached hydrogens (tertiary/aromatic N) is 4. The van der Waals surface area contributed by atoms with E-state index in [4.69, 9.17) is 9.15 Å². The Morgan fingerprint density at radius 3 is 3.06 bits per heavy atom. The van der Waals surface area contributed by atoms with E-state index >= 15 is 0 Å². The molecule has 0 saturated heterocycles. The van der Waals surface area contributed by atoms with Gasteiger partial charge < -0.3 is 24.5 Å². The van der Waals surface area contributed by atoms with Crippen LogP contribution < -0.4 is 20.3 Å². The number of hydrogen-bond acceptors (Lipinski definition) is 9. The van der Waals surface area contributed by atoms with Gasteiger partial charge in [-0.05, 0) is 25.8 Å². The number of hydrogen-bond donors (Lipinski definition) is 3. The maximum Gasteiger partial charge on any atom is 0.321 e. The third-order valence-electron chi connectivity index (χ3n) is 5.43. The maximum absolute atomic E-state index is 12.1. The van der Waals surface area contributed by atoms with Gasteiger partial charge in [0.25, 0.3) is 6.01 Å². The normalized spacial score (nSPS) is 19.8. The Morgan fingerprint density at radius 1 is 1.38 bits per heavy atom. The highest BCUT2D eigenvalue weighted by Crippen LogP contribution is 2.32. The highest BCUT2D eigenvalue weighted by molar-refractivity contribution is 7.15. The van der Waals surface area contributed by atoms with E-state index in [0.29, 0.717) is 61.0 Å². The summed E-state index contributed by atoms with van der Waals surface area (Å²) in [6.07, 6.45) is 3.29. The number of rotatable bonds is 6. The number of carbonyl (C=O) groups is 1. The summed E-state index contributed by atoms with van der Waals surface area (Å²) in [6.45, 7) is 3.79. The molecule has 168 valence electrons. The second-order valence-corrected chi connectivity index (χ2v) is 8.87. The SMILES string of the molecule is CCOc1cccc(-c2cnc(N3CCc4nc(NC(=O)N[C@H]5C[C@H](O)C5)sc4C3)o2)n1. The van der Waals surface area contributed by atoms with Gasteiger partial charge in [0.2, 0.25) is 5.88 Å². The lowest BCUT2D eigenvalue weighted by molar-refractivity contribution is 0.0671. The number of thiazole rings is 1. The Balaban J connectivity index is 1.23. The first-order valence-electron chi connectivity index (χ1n) is 10.6. The van der Waals surface area contributed by atoms with Crippen LogP contribution in [0, 0.1) is 0 Å². The fourth-order valence-electron chi connectivity index (χ4n) is 3.75. The Kier molecular flexibility index (Phi) is 5.66. The van der Waals surface area contributed by atoms with Crippen molar-refractivity contribution in [2.75, 3.05) is 23.4 Å². The van der Waals surface area contributed by atoms with Gasteiger partial charge in [-0.1, -0.05) is 17.4 Å². The zero-order chi connectivity index (χ0) is 22.1. The molecule has 2 amide bonds. The van der Waals surface area contributed by atoms with Gasteiger partial charge in [-0.3, -0.25) is 5.32 Å². The summed E-state index contributed by atoms with van der Waals surface area (Å²) in [5, 5.41) is 15.6. The Hall–Kier alpha value is -3.18. The van der Waals surface area contributed by atoms with Crippen LogP contribution in [-0.2, 0) is 13.0 Å². The van der Waals surface area contributed by atoms with E-state index in [1.807, 2.05) is 25.1 Å². The minimum absolute atomic E-state index is 0.0259. The van der Waals surface area contributed by atoms with Crippen molar-refractivity contribution >= 4 is 28.5 Å². The lowest BCUT2D eigenvalue weighted by atomic mass is 9.90. The molecule has 1 aliphatic heterocycles. The number of urea groups is 1. The van der Waals surface area contributed by atoms with Crippen LogP contribution in [0.4, 0.5) is 15.9 Å². The summed E-state index contributed by atoms with van der Waals surface area (Å²) >= 11 is 1.45. The van der Waals surface area contributed by atoms with Gasteiger partial charge in [-0.15, -0.1) is 0 Å². The number of aliphatic hydroxyl groups excluding tert-OH is 1. The molecule has 2 aliphatic rings. The Morgan fingerprint density at radius 2 is 2.25 bits per heavy atom. The molecule has 1 saturated carbocycles. The van der Waals surface area contributed by atoms with Gasteiger partial charge in [-0.2, -0.15) is 0 Å². The van der Waals surface area contributed by atoms with Gasteiger partial charge in [0, 0.05) is 30.0 Å². The third kappa shape index (κ3) is 4.39. The first kappa shape index (κ1) is 20.7. The highest BCUT2D eigenvalue weighted by Gasteiger charge is 2.29. The predicted molar refractivity (Wildman–Crippen MR) is 119 cm³/mol. The molecule has 3 N–H and O–H groups in total. The number of aromatic nitrogens is 3. The molecule has 0 atom stereocenters. The molecule has 3 aromatic rings. The number of nitrogens with one attached hydrogen (secondary N) is 2. The van der Waals surface area contributed by atoms with Crippen molar-refractivity contribution in [3.8, 4) is 17.3 Å². The molecule has 0 unspecified atom stereocenters. The summed E-state index contributed by atoms with van der Waals surface area (Å²) in [6, 6.07) is 5.80. The van der Waals surface area contributed by atoms with Crippen LogP contribution in [0.2, 0.25) is 0 Å². The maximum atomic E-state index is 12.1. The summed E-state index contributed by atoms with van der Waals surface area (Å²) < 4.78 is 11.4. The molecule has 0 radical (unpaired) electrons.